The molecular formula is C21H22N2O2S. The summed E-state index contributed by atoms with van der Waals surface area (Å²) in [5.74, 6) is 0. The van der Waals surface area contributed by atoms with E-state index >= 15 is 0 Å². The number of hydrogen-bond acceptors (Lipinski definition) is 3. The van der Waals surface area contributed by atoms with E-state index in [1.807, 2.05) is 42.5 Å². The van der Waals surface area contributed by atoms with Crippen LogP contribution in [0.2, 0.25) is 0 Å². The standard InChI is InChI=1S/C21H22N2O2S/c22-20(26)16-4-1-3-15(10-16)18-11-23(13-21(25)7-2-8-21)19-9-14(12-24)5-6-17(18)19/h1,3-6,9-11,24-25H,2,7-8,12-13H2,(H2,22,26). The lowest BCUT2D eigenvalue weighted by Gasteiger charge is -2.37. The minimum atomic E-state index is -0.626. The van der Waals surface area contributed by atoms with Gasteiger partial charge >= 0.3 is 0 Å². The lowest BCUT2D eigenvalue weighted by Crippen LogP contribution is -2.40. The van der Waals surface area contributed by atoms with Crippen LogP contribution in [0, 0.1) is 0 Å². The summed E-state index contributed by atoms with van der Waals surface area (Å²) >= 11 is 5.11. The fourth-order valence-electron chi connectivity index (χ4n) is 3.70. The molecule has 1 heterocycles. The highest BCUT2D eigenvalue weighted by Gasteiger charge is 2.35. The zero-order valence-corrected chi connectivity index (χ0v) is 15.3. The number of aliphatic hydroxyl groups excluding tert-OH is 1. The Morgan fingerprint density at radius 1 is 1.19 bits per heavy atom. The first-order valence-corrected chi connectivity index (χ1v) is 9.25. The summed E-state index contributed by atoms with van der Waals surface area (Å²) < 4.78 is 2.11. The zero-order chi connectivity index (χ0) is 18.3. The molecule has 134 valence electrons. The summed E-state index contributed by atoms with van der Waals surface area (Å²) in [5.41, 5.74) is 10.00. The summed E-state index contributed by atoms with van der Waals surface area (Å²) in [5, 5.41) is 21.2. The van der Waals surface area contributed by atoms with Crippen LogP contribution < -0.4 is 5.73 Å². The molecule has 1 aliphatic carbocycles. The van der Waals surface area contributed by atoms with Crippen LogP contribution in [0.3, 0.4) is 0 Å². The van der Waals surface area contributed by atoms with E-state index in [2.05, 4.69) is 10.8 Å². The van der Waals surface area contributed by atoms with E-state index < -0.39 is 5.60 Å². The molecule has 1 aromatic heterocycles. The van der Waals surface area contributed by atoms with Gasteiger partial charge in [-0.3, -0.25) is 0 Å². The first-order valence-electron chi connectivity index (χ1n) is 8.84. The molecule has 0 spiro atoms. The van der Waals surface area contributed by atoms with Gasteiger partial charge in [-0.25, -0.2) is 0 Å². The highest BCUT2D eigenvalue weighted by molar-refractivity contribution is 7.80. The molecule has 1 fully saturated rings. The molecule has 1 aliphatic rings. The quantitative estimate of drug-likeness (QED) is 0.606. The number of aliphatic hydroxyl groups is 2. The molecular weight excluding hydrogens is 344 g/mol. The van der Waals surface area contributed by atoms with Crippen molar-refractivity contribution in [3.63, 3.8) is 0 Å². The Morgan fingerprint density at radius 3 is 2.65 bits per heavy atom. The lowest BCUT2D eigenvalue weighted by molar-refractivity contribution is -0.0463. The maximum Gasteiger partial charge on any atom is 0.104 e. The fourth-order valence-corrected chi connectivity index (χ4v) is 3.82. The van der Waals surface area contributed by atoms with Crippen LogP contribution in [0.25, 0.3) is 22.0 Å². The van der Waals surface area contributed by atoms with Gasteiger partial charge in [-0.2, -0.15) is 0 Å². The molecule has 0 amide bonds. The molecule has 2 aromatic carbocycles. The van der Waals surface area contributed by atoms with Gasteiger partial charge in [-0.05, 0) is 42.5 Å². The fraction of sp³-hybridized carbons (Fsp3) is 0.286. The SMILES string of the molecule is NC(=S)c1cccc(-c2cn(CC3(O)CCC3)c3cc(CO)ccc23)c1. The van der Waals surface area contributed by atoms with E-state index in [0.717, 1.165) is 52.4 Å². The summed E-state index contributed by atoms with van der Waals surface area (Å²) in [6, 6.07) is 13.9. The van der Waals surface area contributed by atoms with Gasteiger partial charge in [0.1, 0.15) is 4.99 Å². The van der Waals surface area contributed by atoms with Crippen LogP contribution in [0.15, 0.2) is 48.7 Å². The molecule has 0 aliphatic heterocycles. The molecule has 0 radical (unpaired) electrons. The van der Waals surface area contributed by atoms with Crippen LogP contribution in [-0.4, -0.2) is 25.4 Å². The number of benzene rings is 2. The van der Waals surface area contributed by atoms with E-state index in [-0.39, 0.29) is 6.61 Å². The molecule has 3 aromatic rings. The van der Waals surface area contributed by atoms with Crippen molar-refractivity contribution in [2.45, 2.75) is 38.0 Å². The summed E-state index contributed by atoms with van der Waals surface area (Å²) in [6.45, 7) is 0.561. The second-order valence-electron chi connectivity index (χ2n) is 7.20. The number of hydrogen-bond donors (Lipinski definition) is 3. The van der Waals surface area contributed by atoms with Crippen LogP contribution >= 0.6 is 12.2 Å². The number of rotatable bonds is 5. The highest BCUT2D eigenvalue weighted by Crippen LogP contribution is 2.37. The minimum absolute atomic E-state index is 0.00233. The third-order valence-corrected chi connectivity index (χ3v) is 5.57. The molecule has 0 atom stereocenters. The molecule has 4 rings (SSSR count). The summed E-state index contributed by atoms with van der Waals surface area (Å²) in [4.78, 5) is 0.377. The second-order valence-corrected chi connectivity index (χ2v) is 7.64. The van der Waals surface area contributed by atoms with Crippen molar-refractivity contribution in [1.82, 2.24) is 4.57 Å². The molecule has 5 heteroatoms. The van der Waals surface area contributed by atoms with E-state index in [1.165, 1.54) is 0 Å². The van der Waals surface area contributed by atoms with Gasteiger partial charge in [0.05, 0.1) is 18.8 Å². The predicted octanol–water partition coefficient (Wildman–Crippen LogP) is 3.35. The Morgan fingerprint density at radius 2 is 2.00 bits per heavy atom. The van der Waals surface area contributed by atoms with E-state index in [0.29, 0.717) is 11.5 Å². The van der Waals surface area contributed by atoms with E-state index in [4.69, 9.17) is 18.0 Å². The minimum Gasteiger partial charge on any atom is -0.392 e. The molecule has 26 heavy (non-hydrogen) atoms. The Bertz CT molecular complexity index is 989. The molecule has 4 nitrogen and oxygen atoms in total. The van der Waals surface area contributed by atoms with Crippen molar-refractivity contribution in [3.8, 4) is 11.1 Å². The Labute approximate surface area is 157 Å². The van der Waals surface area contributed by atoms with Crippen molar-refractivity contribution in [2.24, 2.45) is 5.73 Å². The van der Waals surface area contributed by atoms with Crippen molar-refractivity contribution >= 4 is 28.1 Å². The normalized spacial score (nSPS) is 15.8. The molecule has 1 saturated carbocycles. The lowest BCUT2D eigenvalue weighted by atomic mass is 9.80. The Kier molecular flexibility index (Phi) is 4.31. The molecule has 0 saturated heterocycles. The van der Waals surface area contributed by atoms with Gasteiger partial charge in [0, 0.05) is 28.2 Å². The Balaban J connectivity index is 1.87. The van der Waals surface area contributed by atoms with E-state index in [1.54, 1.807) is 0 Å². The van der Waals surface area contributed by atoms with Gasteiger partial charge in [-0.15, -0.1) is 0 Å². The van der Waals surface area contributed by atoms with Crippen LogP contribution in [0.5, 0.6) is 0 Å². The zero-order valence-electron chi connectivity index (χ0n) is 14.5. The average Bonchev–Trinajstić information content (AvgIpc) is 2.98. The van der Waals surface area contributed by atoms with Crippen LogP contribution in [0.1, 0.15) is 30.4 Å². The van der Waals surface area contributed by atoms with Crippen molar-refractivity contribution in [2.75, 3.05) is 0 Å². The van der Waals surface area contributed by atoms with Crippen molar-refractivity contribution in [3.05, 3.63) is 59.8 Å². The number of aromatic nitrogens is 1. The number of fused-ring (bicyclic) bond motifs is 1. The average molecular weight is 366 g/mol. The monoisotopic (exact) mass is 366 g/mol. The summed E-state index contributed by atoms with van der Waals surface area (Å²) in [6.07, 6.45) is 4.82. The molecule has 0 unspecified atom stereocenters. The predicted molar refractivity (Wildman–Crippen MR) is 108 cm³/mol. The number of nitrogens with two attached hydrogens (primary N) is 1. The van der Waals surface area contributed by atoms with Gasteiger partial charge in [-0.1, -0.05) is 42.5 Å². The highest BCUT2D eigenvalue weighted by atomic mass is 32.1. The number of nitrogens with zero attached hydrogens (tertiary/aromatic N) is 1. The maximum atomic E-state index is 10.6. The topological polar surface area (TPSA) is 71.4 Å². The first-order chi connectivity index (χ1) is 12.5. The number of thiocarbonyl (C=S) groups is 1. The Hall–Kier alpha value is -2.21. The largest absolute Gasteiger partial charge is 0.392 e. The van der Waals surface area contributed by atoms with Crippen LogP contribution in [0.4, 0.5) is 0 Å². The maximum absolute atomic E-state index is 10.6. The van der Waals surface area contributed by atoms with E-state index in [9.17, 15) is 10.2 Å². The second kappa shape index (κ2) is 6.50. The van der Waals surface area contributed by atoms with Crippen molar-refractivity contribution in [1.29, 1.82) is 0 Å². The van der Waals surface area contributed by atoms with Gasteiger partial charge in [0.2, 0.25) is 0 Å². The third kappa shape index (κ3) is 3.03. The van der Waals surface area contributed by atoms with Gasteiger partial charge < -0.3 is 20.5 Å². The van der Waals surface area contributed by atoms with Crippen LogP contribution in [-0.2, 0) is 13.2 Å². The van der Waals surface area contributed by atoms with Gasteiger partial charge in [0.15, 0.2) is 0 Å². The van der Waals surface area contributed by atoms with Crippen molar-refractivity contribution < 1.29 is 10.2 Å². The first kappa shape index (κ1) is 17.2. The molecule has 0 bridgehead atoms. The molecule has 4 N–H and O–H groups in total. The third-order valence-electron chi connectivity index (χ3n) is 5.34. The summed E-state index contributed by atoms with van der Waals surface area (Å²) in [7, 11) is 0. The smallest absolute Gasteiger partial charge is 0.104 e. The van der Waals surface area contributed by atoms with Gasteiger partial charge in [0.25, 0.3) is 0 Å².